The molecule has 2 fully saturated rings. The van der Waals surface area contributed by atoms with Gasteiger partial charge in [0.1, 0.15) is 12.0 Å². The molecule has 2 aliphatic heterocycles. The number of para-hydroxylation sites is 1. The number of methoxy groups -OCH3 is 3. The molecule has 0 aliphatic carbocycles. The first-order valence-electron chi connectivity index (χ1n) is 10.9. The fraction of sp³-hybridized carbons (Fsp3) is 0.231. The number of benzene rings is 3. The van der Waals surface area contributed by atoms with Gasteiger partial charge in [-0.05, 0) is 42.5 Å². The van der Waals surface area contributed by atoms with Crippen LogP contribution in [0.5, 0.6) is 17.2 Å². The fourth-order valence-corrected chi connectivity index (χ4v) is 4.94. The van der Waals surface area contributed by atoms with Crippen LogP contribution in [0.4, 0.5) is 11.4 Å². The maximum absolute atomic E-state index is 13.8. The quantitative estimate of drug-likeness (QED) is 0.469. The molecule has 3 unspecified atom stereocenters. The zero-order chi connectivity index (χ0) is 24.7. The zero-order valence-corrected chi connectivity index (χ0v) is 20.1. The van der Waals surface area contributed by atoms with E-state index in [2.05, 4.69) is 0 Å². The van der Waals surface area contributed by atoms with E-state index in [-0.39, 0.29) is 5.91 Å². The molecule has 2 amide bonds. The third-order valence-electron chi connectivity index (χ3n) is 6.25. The number of rotatable bonds is 6. The Hall–Kier alpha value is -3.75. The van der Waals surface area contributed by atoms with Crippen molar-refractivity contribution in [1.82, 2.24) is 0 Å². The third kappa shape index (κ3) is 3.66. The van der Waals surface area contributed by atoms with Gasteiger partial charge in [0, 0.05) is 10.6 Å². The lowest BCUT2D eigenvalue weighted by atomic mass is 9.89. The van der Waals surface area contributed by atoms with Crippen LogP contribution in [0.15, 0.2) is 66.7 Å². The summed E-state index contributed by atoms with van der Waals surface area (Å²) in [6.07, 6.45) is -1.02. The van der Waals surface area contributed by atoms with Crippen LogP contribution < -0.4 is 24.2 Å². The molecule has 0 bridgehead atoms. The first-order valence-corrected chi connectivity index (χ1v) is 11.3. The van der Waals surface area contributed by atoms with Crippen LogP contribution in [0.2, 0.25) is 5.02 Å². The summed E-state index contributed by atoms with van der Waals surface area (Å²) >= 11 is 6.14. The van der Waals surface area contributed by atoms with Gasteiger partial charge in [-0.15, -0.1) is 0 Å². The number of anilines is 2. The second-order valence-electron chi connectivity index (χ2n) is 8.07. The Bertz CT molecular complexity index is 1280. The van der Waals surface area contributed by atoms with Gasteiger partial charge in [0.05, 0.1) is 32.7 Å². The van der Waals surface area contributed by atoms with E-state index in [0.717, 1.165) is 4.90 Å². The molecular formula is C26H23ClN2O6. The number of ether oxygens (including phenoxy) is 3. The highest BCUT2D eigenvalue weighted by molar-refractivity contribution is 6.31. The van der Waals surface area contributed by atoms with E-state index in [0.29, 0.717) is 39.2 Å². The molecule has 9 heteroatoms. The lowest BCUT2D eigenvalue weighted by Gasteiger charge is -2.30. The van der Waals surface area contributed by atoms with Crippen LogP contribution >= 0.6 is 11.6 Å². The molecule has 180 valence electrons. The van der Waals surface area contributed by atoms with E-state index in [1.54, 1.807) is 41.5 Å². The van der Waals surface area contributed by atoms with Crippen molar-refractivity contribution in [3.05, 3.63) is 77.3 Å². The zero-order valence-electron chi connectivity index (χ0n) is 19.3. The Morgan fingerprint density at radius 1 is 0.800 bits per heavy atom. The van der Waals surface area contributed by atoms with Crippen LogP contribution in [0.3, 0.4) is 0 Å². The number of hydrogen-bond donors (Lipinski definition) is 0. The van der Waals surface area contributed by atoms with Crippen molar-refractivity contribution in [2.24, 2.45) is 5.92 Å². The highest BCUT2D eigenvalue weighted by Gasteiger charge is 2.61. The highest BCUT2D eigenvalue weighted by Crippen LogP contribution is 2.52. The van der Waals surface area contributed by atoms with Crippen molar-refractivity contribution in [3.63, 3.8) is 0 Å². The minimum Gasteiger partial charge on any atom is -0.493 e. The van der Waals surface area contributed by atoms with Gasteiger partial charge in [0.25, 0.3) is 5.91 Å². The number of hydrogen-bond acceptors (Lipinski definition) is 7. The number of nitrogens with zero attached hydrogens (tertiary/aromatic N) is 2. The Kier molecular flexibility index (Phi) is 6.00. The molecule has 8 nitrogen and oxygen atoms in total. The molecule has 0 aromatic heterocycles. The van der Waals surface area contributed by atoms with E-state index in [1.807, 2.05) is 30.3 Å². The van der Waals surface area contributed by atoms with Gasteiger partial charge in [-0.25, -0.2) is 9.96 Å². The van der Waals surface area contributed by atoms with Crippen molar-refractivity contribution in [2.75, 3.05) is 31.3 Å². The number of halogens is 1. The van der Waals surface area contributed by atoms with E-state index >= 15 is 0 Å². The molecule has 3 atom stereocenters. The lowest BCUT2D eigenvalue weighted by Crippen LogP contribution is -2.37. The highest BCUT2D eigenvalue weighted by atomic mass is 35.5. The molecule has 3 aromatic carbocycles. The summed E-state index contributed by atoms with van der Waals surface area (Å²) in [5, 5.41) is 2.02. The van der Waals surface area contributed by atoms with Crippen molar-refractivity contribution < 1.29 is 28.6 Å². The maximum Gasteiger partial charge on any atom is 0.266 e. The summed E-state index contributed by atoms with van der Waals surface area (Å²) in [4.78, 5) is 34.6. The summed E-state index contributed by atoms with van der Waals surface area (Å²) in [6, 6.07) is 18.8. The maximum atomic E-state index is 13.8. The van der Waals surface area contributed by atoms with E-state index in [9.17, 15) is 9.59 Å². The molecule has 0 saturated carbocycles. The van der Waals surface area contributed by atoms with Gasteiger partial charge in [0.15, 0.2) is 17.6 Å². The van der Waals surface area contributed by atoms with Gasteiger partial charge >= 0.3 is 0 Å². The fourth-order valence-electron chi connectivity index (χ4n) is 4.76. The summed E-state index contributed by atoms with van der Waals surface area (Å²) in [6.45, 7) is 0. The second kappa shape index (κ2) is 9.13. The normalized spacial score (nSPS) is 21.3. The van der Waals surface area contributed by atoms with Gasteiger partial charge in [0.2, 0.25) is 11.7 Å². The monoisotopic (exact) mass is 494 g/mol. The average Bonchev–Trinajstić information content (AvgIpc) is 3.39. The van der Waals surface area contributed by atoms with Crippen molar-refractivity contribution in [2.45, 2.75) is 12.1 Å². The van der Waals surface area contributed by atoms with Crippen LogP contribution in [-0.2, 0) is 14.4 Å². The SMILES string of the molecule is COc1ccc(C2C3C(=O)N(c4cccc(Cl)c4)C(=O)C3ON2c2ccccc2)c(OC)c1OC. The first-order chi connectivity index (χ1) is 17.0. The number of imide groups is 1. The number of carbonyl (C=O) groups is 2. The van der Waals surface area contributed by atoms with Gasteiger partial charge in [-0.3, -0.25) is 14.4 Å². The van der Waals surface area contributed by atoms with Gasteiger partial charge < -0.3 is 14.2 Å². The summed E-state index contributed by atoms with van der Waals surface area (Å²) in [5.41, 5.74) is 1.71. The van der Waals surface area contributed by atoms with Crippen LogP contribution in [-0.4, -0.2) is 39.2 Å². The topological polar surface area (TPSA) is 77.5 Å². The van der Waals surface area contributed by atoms with Crippen LogP contribution in [0.25, 0.3) is 0 Å². The molecular weight excluding hydrogens is 472 g/mol. The first kappa shape index (κ1) is 23.0. The number of carbonyl (C=O) groups excluding carboxylic acids is 2. The molecule has 35 heavy (non-hydrogen) atoms. The Labute approximate surface area is 207 Å². The van der Waals surface area contributed by atoms with Crippen LogP contribution in [0.1, 0.15) is 11.6 Å². The predicted molar refractivity (Wildman–Crippen MR) is 130 cm³/mol. The molecule has 0 radical (unpaired) electrons. The Balaban J connectivity index is 1.66. The van der Waals surface area contributed by atoms with Gasteiger partial charge in [-0.2, -0.15) is 0 Å². The standard InChI is InChI=1S/C26H23ClN2O6/c1-32-19-13-12-18(22(33-2)23(19)34-3)21-20-24(35-29(21)16-9-5-4-6-10-16)26(31)28(25(20)30)17-11-7-8-15(27)14-17/h4-14,20-21,24H,1-3H3. The lowest BCUT2D eigenvalue weighted by molar-refractivity contribution is -0.126. The molecule has 3 aromatic rings. The molecule has 5 rings (SSSR count). The van der Waals surface area contributed by atoms with Crippen LogP contribution in [0, 0.1) is 5.92 Å². The van der Waals surface area contributed by atoms with Crippen molar-refractivity contribution in [3.8, 4) is 17.2 Å². The summed E-state index contributed by atoms with van der Waals surface area (Å²) in [5.74, 6) is -0.429. The molecule has 0 N–H and O–H groups in total. The van der Waals surface area contributed by atoms with E-state index in [1.165, 1.54) is 21.3 Å². The molecule has 0 spiro atoms. The van der Waals surface area contributed by atoms with Crippen molar-refractivity contribution >= 4 is 34.8 Å². The smallest absolute Gasteiger partial charge is 0.266 e. The molecule has 2 heterocycles. The van der Waals surface area contributed by atoms with E-state index in [4.69, 9.17) is 30.6 Å². The number of hydroxylamine groups is 1. The Morgan fingerprint density at radius 2 is 1.51 bits per heavy atom. The average molecular weight is 495 g/mol. The number of amides is 2. The summed E-state index contributed by atoms with van der Waals surface area (Å²) in [7, 11) is 4.56. The van der Waals surface area contributed by atoms with E-state index < -0.39 is 24.0 Å². The molecule has 2 saturated heterocycles. The number of fused-ring (bicyclic) bond motifs is 1. The largest absolute Gasteiger partial charge is 0.493 e. The molecule has 2 aliphatic rings. The second-order valence-corrected chi connectivity index (χ2v) is 8.51. The van der Waals surface area contributed by atoms with Crippen molar-refractivity contribution in [1.29, 1.82) is 0 Å². The minimum absolute atomic E-state index is 0.382. The minimum atomic E-state index is -1.02. The summed E-state index contributed by atoms with van der Waals surface area (Å²) < 4.78 is 16.7. The Morgan fingerprint density at radius 3 is 2.17 bits per heavy atom. The third-order valence-corrected chi connectivity index (χ3v) is 6.48. The predicted octanol–water partition coefficient (Wildman–Crippen LogP) is 4.42. The van der Waals surface area contributed by atoms with Gasteiger partial charge in [-0.1, -0.05) is 35.9 Å².